The first kappa shape index (κ1) is 5.33. The zero-order valence-corrected chi connectivity index (χ0v) is 4.01. The van der Waals surface area contributed by atoms with Gasteiger partial charge in [0.15, 0.2) is 0 Å². The molecule has 0 spiro atoms. The molecule has 8 heavy (non-hydrogen) atoms. The molecule has 1 rings (SSSR count). The van der Waals surface area contributed by atoms with Crippen LogP contribution in [0.5, 0.6) is 0 Å². The summed E-state index contributed by atoms with van der Waals surface area (Å²) < 4.78 is 0. The van der Waals surface area contributed by atoms with Crippen LogP contribution in [0.25, 0.3) is 0 Å². The molecular formula is C3H6N2O3. The number of rotatable bonds is 0. The Balaban J connectivity index is 2.56. The largest absolute Gasteiger partial charge is 0.347 e. The molecular weight excluding hydrogens is 112 g/mol. The highest BCUT2D eigenvalue weighted by atomic mass is 16.5. The molecule has 46 valence electrons. The van der Waals surface area contributed by atoms with Gasteiger partial charge < -0.3 is 15.5 Å². The van der Waals surface area contributed by atoms with Crippen LogP contribution in [0.2, 0.25) is 0 Å². The van der Waals surface area contributed by atoms with Crippen LogP contribution in [-0.2, 0) is 0 Å². The Labute approximate surface area is 45.3 Å². The first-order valence-electron chi connectivity index (χ1n) is 2.11. The van der Waals surface area contributed by atoms with Crippen molar-refractivity contribution in [1.29, 1.82) is 0 Å². The third-order valence-electron chi connectivity index (χ3n) is 0.809. The molecule has 0 bridgehead atoms. The third-order valence-corrected chi connectivity index (χ3v) is 0.809. The highest BCUT2D eigenvalue weighted by molar-refractivity contribution is 5.76. The van der Waals surface area contributed by atoms with Crippen molar-refractivity contribution in [3.05, 3.63) is 0 Å². The number of β-amino-alcohol motifs (C(OH)–C–C–N with tert-alkyl or cyclic N) is 2. The first-order chi connectivity index (χ1) is 3.60. The normalized spacial score (nSPS) is 24.5. The lowest BCUT2D eigenvalue weighted by Crippen LogP contribution is -2.42. The molecule has 5 heteroatoms. The number of nitrogens with one attached hydrogen (secondary N) is 2. The van der Waals surface area contributed by atoms with Crippen LogP contribution in [0, 0.1) is 0 Å². The van der Waals surface area contributed by atoms with Crippen molar-refractivity contribution in [3.63, 3.8) is 0 Å². The van der Waals surface area contributed by atoms with E-state index in [4.69, 9.17) is 10.2 Å². The van der Waals surface area contributed by atoms with Crippen LogP contribution >= 0.6 is 0 Å². The lowest BCUT2D eigenvalue weighted by molar-refractivity contribution is -0.156. The fourth-order valence-electron chi connectivity index (χ4n) is 0.474. The van der Waals surface area contributed by atoms with Crippen molar-refractivity contribution in [2.24, 2.45) is 0 Å². The summed E-state index contributed by atoms with van der Waals surface area (Å²) in [6, 6.07) is -0.560. The van der Waals surface area contributed by atoms with Gasteiger partial charge in [-0.3, -0.25) is 5.32 Å². The quantitative estimate of drug-likeness (QED) is 0.276. The lowest BCUT2D eigenvalue weighted by atomic mass is 10.5. The summed E-state index contributed by atoms with van der Waals surface area (Å²) in [7, 11) is 0. The van der Waals surface area contributed by atoms with Gasteiger partial charge in [0.1, 0.15) is 0 Å². The highest BCUT2D eigenvalue weighted by Gasteiger charge is 2.32. The molecule has 0 atom stereocenters. The second-order valence-corrected chi connectivity index (χ2v) is 1.62. The summed E-state index contributed by atoms with van der Waals surface area (Å²) in [5.74, 6) is -2.04. The number of hydrogen-bond acceptors (Lipinski definition) is 3. The zero-order valence-electron chi connectivity index (χ0n) is 4.01. The molecule has 5 nitrogen and oxygen atoms in total. The molecule has 1 heterocycles. The minimum Gasteiger partial charge on any atom is -0.347 e. The number of hydrogen-bond donors (Lipinski definition) is 4. The van der Waals surface area contributed by atoms with Gasteiger partial charge in [-0.1, -0.05) is 0 Å². The molecule has 0 saturated carbocycles. The SMILES string of the molecule is O=C1NCC(O)(O)N1. The maximum atomic E-state index is 10.1. The van der Waals surface area contributed by atoms with Gasteiger partial charge in [0, 0.05) is 0 Å². The topological polar surface area (TPSA) is 81.6 Å². The molecule has 0 aromatic heterocycles. The van der Waals surface area contributed by atoms with Crippen molar-refractivity contribution in [2.75, 3.05) is 6.54 Å². The van der Waals surface area contributed by atoms with Crippen molar-refractivity contribution < 1.29 is 15.0 Å². The van der Waals surface area contributed by atoms with Crippen LogP contribution in [-0.4, -0.2) is 28.7 Å². The fraction of sp³-hybridized carbons (Fsp3) is 0.667. The van der Waals surface area contributed by atoms with Gasteiger partial charge in [-0.15, -0.1) is 0 Å². The molecule has 4 N–H and O–H groups in total. The monoisotopic (exact) mass is 118 g/mol. The molecule has 0 aromatic rings. The van der Waals surface area contributed by atoms with Gasteiger partial charge in [0.25, 0.3) is 5.91 Å². The molecule has 2 amide bonds. The minimum atomic E-state index is -2.04. The van der Waals surface area contributed by atoms with E-state index in [2.05, 4.69) is 5.32 Å². The Kier molecular flexibility index (Phi) is 0.887. The van der Waals surface area contributed by atoms with Gasteiger partial charge in [-0.2, -0.15) is 0 Å². The fourth-order valence-corrected chi connectivity index (χ4v) is 0.474. The minimum absolute atomic E-state index is 0.161. The van der Waals surface area contributed by atoms with Gasteiger partial charge in [0.05, 0.1) is 6.54 Å². The molecule has 1 aliphatic heterocycles. The highest BCUT2D eigenvalue weighted by Crippen LogP contribution is 1.96. The van der Waals surface area contributed by atoms with E-state index < -0.39 is 11.9 Å². The molecule has 0 aromatic carbocycles. The van der Waals surface area contributed by atoms with Crippen molar-refractivity contribution >= 4 is 6.03 Å². The maximum absolute atomic E-state index is 10.1. The van der Waals surface area contributed by atoms with E-state index in [-0.39, 0.29) is 6.54 Å². The summed E-state index contributed by atoms with van der Waals surface area (Å²) in [6.45, 7) is -0.161. The van der Waals surface area contributed by atoms with Crippen molar-refractivity contribution in [1.82, 2.24) is 10.6 Å². The Hall–Kier alpha value is -0.810. The summed E-state index contributed by atoms with van der Waals surface area (Å²) in [5.41, 5.74) is 0. The number of urea groups is 1. The van der Waals surface area contributed by atoms with Crippen molar-refractivity contribution in [2.45, 2.75) is 5.91 Å². The summed E-state index contributed by atoms with van der Waals surface area (Å²) in [4.78, 5) is 10.1. The van der Waals surface area contributed by atoms with E-state index >= 15 is 0 Å². The van der Waals surface area contributed by atoms with Crippen molar-refractivity contribution in [3.8, 4) is 0 Å². The summed E-state index contributed by atoms with van der Waals surface area (Å²) in [6.07, 6.45) is 0. The standard InChI is InChI=1S/C3H6N2O3/c6-2-4-1-3(7,8)5-2/h7-8H,1H2,(H2,4,5,6). The van der Waals surface area contributed by atoms with Crippen LogP contribution in [0.4, 0.5) is 4.79 Å². The lowest BCUT2D eigenvalue weighted by Gasteiger charge is -2.09. The van der Waals surface area contributed by atoms with E-state index in [1.807, 2.05) is 5.32 Å². The van der Waals surface area contributed by atoms with Crippen LogP contribution in [0.15, 0.2) is 0 Å². The van der Waals surface area contributed by atoms with E-state index in [1.54, 1.807) is 0 Å². The number of amides is 2. The van der Waals surface area contributed by atoms with E-state index in [1.165, 1.54) is 0 Å². The van der Waals surface area contributed by atoms with E-state index in [0.29, 0.717) is 0 Å². The van der Waals surface area contributed by atoms with Gasteiger partial charge in [-0.05, 0) is 0 Å². The molecule has 1 aliphatic rings. The first-order valence-corrected chi connectivity index (χ1v) is 2.11. The van der Waals surface area contributed by atoms with Crippen LogP contribution in [0.1, 0.15) is 0 Å². The predicted octanol–water partition coefficient (Wildman–Crippen LogP) is -2.06. The molecule has 0 radical (unpaired) electrons. The Morgan fingerprint density at radius 1 is 1.62 bits per heavy atom. The van der Waals surface area contributed by atoms with Gasteiger partial charge in [0.2, 0.25) is 0 Å². The Morgan fingerprint density at radius 3 is 2.38 bits per heavy atom. The second kappa shape index (κ2) is 1.33. The Bertz CT molecular complexity index is 122. The van der Waals surface area contributed by atoms with Crippen LogP contribution in [0.3, 0.4) is 0 Å². The average molecular weight is 118 g/mol. The molecule has 1 fully saturated rings. The number of carbonyl (C=O) groups is 1. The summed E-state index contributed by atoms with van der Waals surface area (Å²) in [5, 5.41) is 21.1. The average Bonchev–Trinajstić information content (AvgIpc) is 1.82. The smallest absolute Gasteiger partial charge is 0.319 e. The number of aliphatic hydroxyl groups is 2. The molecule has 1 saturated heterocycles. The van der Waals surface area contributed by atoms with Gasteiger partial charge in [-0.25, -0.2) is 4.79 Å². The van der Waals surface area contributed by atoms with Gasteiger partial charge >= 0.3 is 6.03 Å². The summed E-state index contributed by atoms with van der Waals surface area (Å²) >= 11 is 0. The third kappa shape index (κ3) is 0.877. The Morgan fingerprint density at radius 2 is 2.25 bits per heavy atom. The molecule has 0 aliphatic carbocycles. The number of carbonyl (C=O) groups excluding carboxylic acids is 1. The maximum Gasteiger partial charge on any atom is 0.319 e. The van der Waals surface area contributed by atoms with E-state index in [0.717, 1.165) is 0 Å². The zero-order chi connectivity index (χ0) is 6.20. The molecule has 0 unspecified atom stereocenters. The second-order valence-electron chi connectivity index (χ2n) is 1.62. The van der Waals surface area contributed by atoms with Crippen LogP contribution < -0.4 is 10.6 Å². The van der Waals surface area contributed by atoms with E-state index in [9.17, 15) is 4.79 Å². The predicted molar refractivity (Wildman–Crippen MR) is 23.7 cm³/mol.